The van der Waals surface area contributed by atoms with E-state index < -0.39 is 4.92 Å². The Morgan fingerprint density at radius 2 is 2.10 bits per heavy atom. The van der Waals surface area contributed by atoms with E-state index >= 15 is 0 Å². The molecule has 0 saturated carbocycles. The molecule has 1 heterocycles. The molecule has 0 unspecified atom stereocenters. The normalized spacial score (nSPS) is 10.2. The molecule has 0 aliphatic carbocycles. The molecule has 0 atom stereocenters. The van der Waals surface area contributed by atoms with Crippen LogP contribution in [0.1, 0.15) is 0 Å². The Bertz CT molecular complexity index is 667. The van der Waals surface area contributed by atoms with Crippen molar-refractivity contribution in [1.82, 2.24) is 9.97 Å². The maximum atomic E-state index is 11.0. The first-order chi connectivity index (χ1) is 9.54. The van der Waals surface area contributed by atoms with Crippen LogP contribution in [0.25, 0.3) is 0 Å². The lowest BCUT2D eigenvalue weighted by Gasteiger charge is -2.10. The summed E-state index contributed by atoms with van der Waals surface area (Å²) in [6.07, 6.45) is 1.22. The Morgan fingerprint density at radius 3 is 2.75 bits per heavy atom. The van der Waals surface area contributed by atoms with Gasteiger partial charge in [0.25, 0.3) is 0 Å². The van der Waals surface area contributed by atoms with Gasteiger partial charge in [-0.3, -0.25) is 10.1 Å². The molecule has 0 fully saturated rings. The Morgan fingerprint density at radius 1 is 1.35 bits per heavy atom. The van der Waals surface area contributed by atoms with E-state index in [1.807, 2.05) is 0 Å². The number of hydrazine groups is 1. The number of anilines is 1. The Hall–Kier alpha value is -1.78. The molecule has 10 heteroatoms. The smallest absolute Gasteiger partial charge is 0.312 e. The van der Waals surface area contributed by atoms with Crippen molar-refractivity contribution >= 4 is 43.4 Å². The molecule has 0 spiro atoms. The van der Waals surface area contributed by atoms with Gasteiger partial charge in [0.05, 0.1) is 9.40 Å². The number of para-hydroxylation sites is 1. The molecule has 2 rings (SSSR count). The van der Waals surface area contributed by atoms with Crippen LogP contribution >= 0.6 is 31.9 Å². The minimum atomic E-state index is -0.544. The summed E-state index contributed by atoms with van der Waals surface area (Å²) >= 11 is 6.41. The minimum absolute atomic E-state index is 0.0415. The predicted molar refractivity (Wildman–Crippen MR) is 78.4 cm³/mol. The molecule has 20 heavy (non-hydrogen) atoms. The van der Waals surface area contributed by atoms with Crippen molar-refractivity contribution in [3.8, 4) is 11.6 Å². The number of ether oxygens (including phenoxy) is 1. The fraction of sp³-hybridized carbons (Fsp3) is 0. The number of nitrogens with two attached hydrogens (primary N) is 1. The number of hydrogen-bond acceptors (Lipinski definition) is 7. The van der Waals surface area contributed by atoms with Gasteiger partial charge in [-0.2, -0.15) is 0 Å². The molecule has 8 nitrogen and oxygen atoms in total. The lowest BCUT2D eigenvalue weighted by molar-refractivity contribution is -0.385. The first kappa shape index (κ1) is 14.6. The number of hydrogen-bond donors (Lipinski definition) is 2. The zero-order chi connectivity index (χ0) is 14.7. The molecular formula is C10H7Br2N5O3. The monoisotopic (exact) mass is 403 g/mol. The summed E-state index contributed by atoms with van der Waals surface area (Å²) in [6.45, 7) is 0. The molecule has 1 aromatic heterocycles. The molecule has 3 N–H and O–H groups in total. The van der Waals surface area contributed by atoms with E-state index in [0.717, 1.165) is 0 Å². The van der Waals surface area contributed by atoms with Gasteiger partial charge in [-0.1, -0.05) is 6.07 Å². The highest BCUT2D eigenvalue weighted by molar-refractivity contribution is 9.11. The lowest BCUT2D eigenvalue weighted by atomic mass is 10.3. The predicted octanol–water partition coefficient (Wildman–Crippen LogP) is 2.99. The summed E-state index contributed by atoms with van der Waals surface area (Å²) in [5, 5.41) is 11.0. The fourth-order valence-corrected chi connectivity index (χ4v) is 2.20. The van der Waals surface area contributed by atoms with Gasteiger partial charge in [0.1, 0.15) is 10.8 Å². The molecular weight excluding hydrogens is 398 g/mol. The van der Waals surface area contributed by atoms with Gasteiger partial charge in [-0.25, -0.2) is 15.8 Å². The first-order valence-corrected chi connectivity index (χ1v) is 6.71. The summed E-state index contributed by atoms with van der Waals surface area (Å²) in [5.74, 6) is 5.72. The molecule has 0 bridgehead atoms. The quantitative estimate of drug-likeness (QED) is 0.457. The second-order valence-corrected chi connectivity index (χ2v) is 5.08. The molecule has 0 radical (unpaired) electrons. The van der Waals surface area contributed by atoms with Crippen molar-refractivity contribution in [2.75, 3.05) is 5.43 Å². The first-order valence-electron chi connectivity index (χ1n) is 5.12. The molecule has 0 aliphatic rings. The van der Waals surface area contributed by atoms with Crippen LogP contribution in [-0.4, -0.2) is 14.9 Å². The Kier molecular flexibility index (Phi) is 4.47. The summed E-state index contributed by atoms with van der Waals surface area (Å²) < 4.78 is 6.28. The van der Waals surface area contributed by atoms with Crippen LogP contribution in [0, 0.1) is 10.1 Å². The molecule has 0 amide bonds. The molecule has 0 aliphatic heterocycles. The van der Waals surface area contributed by atoms with E-state index in [2.05, 4.69) is 47.3 Å². The summed E-state index contributed by atoms with van der Waals surface area (Å²) in [4.78, 5) is 18.2. The van der Waals surface area contributed by atoms with E-state index in [1.165, 1.54) is 18.5 Å². The van der Waals surface area contributed by atoms with Crippen LogP contribution in [0.15, 0.2) is 33.5 Å². The largest absolute Gasteiger partial charge is 0.429 e. The summed E-state index contributed by atoms with van der Waals surface area (Å²) in [5.41, 5.74) is 2.16. The number of nitro benzene ring substituents is 1. The maximum absolute atomic E-state index is 11.0. The molecule has 0 saturated heterocycles. The molecule has 104 valence electrons. The van der Waals surface area contributed by atoms with Crippen molar-refractivity contribution in [3.63, 3.8) is 0 Å². The van der Waals surface area contributed by atoms with E-state index in [1.54, 1.807) is 6.07 Å². The third-order valence-electron chi connectivity index (χ3n) is 2.24. The average molecular weight is 405 g/mol. The van der Waals surface area contributed by atoms with Gasteiger partial charge < -0.3 is 10.2 Å². The third kappa shape index (κ3) is 2.86. The van der Waals surface area contributed by atoms with E-state index in [0.29, 0.717) is 14.8 Å². The van der Waals surface area contributed by atoms with Crippen molar-refractivity contribution in [3.05, 3.63) is 43.6 Å². The van der Waals surface area contributed by atoms with Gasteiger partial charge in [0.15, 0.2) is 5.82 Å². The van der Waals surface area contributed by atoms with E-state index in [4.69, 9.17) is 10.6 Å². The standard InChI is InChI=1S/C10H7Br2N5O3/c11-5-2-1-3-6(17(18)19)8(5)20-10-7(12)9(16-13)14-4-15-10/h1-4H,13H2,(H,14,15,16). The SMILES string of the molecule is NNc1ncnc(Oc2c(Br)cccc2[N+](=O)[O-])c1Br. The van der Waals surface area contributed by atoms with Crippen LogP contribution in [0.2, 0.25) is 0 Å². The van der Waals surface area contributed by atoms with Crippen LogP contribution in [-0.2, 0) is 0 Å². The van der Waals surface area contributed by atoms with E-state index in [-0.39, 0.29) is 17.3 Å². The van der Waals surface area contributed by atoms with Crippen LogP contribution < -0.4 is 16.0 Å². The number of benzene rings is 1. The number of nitrogens with one attached hydrogen (secondary N) is 1. The third-order valence-corrected chi connectivity index (χ3v) is 3.58. The van der Waals surface area contributed by atoms with Crippen LogP contribution in [0.3, 0.4) is 0 Å². The second-order valence-electron chi connectivity index (χ2n) is 3.43. The number of rotatable bonds is 4. The number of halogens is 2. The number of nitro groups is 1. The second kappa shape index (κ2) is 6.11. The van der Waals surface area contributed by atoms with Crippen molar-refractivity contribution < 1.29 is 9.66 Å². The van der Waals surface area contributed by atoms with Crippen molar-refractivity contribution in [2.45, 2.75) is 0 Å². The van der Waals surface area contributed by atoms with Gasteiger partial charge in [-0.05, 0) is 37.9 Å². The highest BCUT2D eigenvalue weighted by Crippen LogP contribution is 2.40. The zero-order valence-corrected chi connectivity index (χ0v) is 12.9. The van der Waals surface area contributed by atoms with E-state index in [9.17, 15) is 10.1 Å². The van der Waals surface area contributed by atoms with Gasteiger partial charge in [-0.15, -0.1) is 0 Å². The van der Waals surface area contributed by atoms with Crippen molar-refractivity contribution in [2.24, 2.45) is 5.84 Å². The topological polar surface area (TPSA) is 116 Å². The number of nitrogen functional groups attached to an aromatic ring is 1. The highest BCUT2D eigenvalue weighted by Gasteiger charge is 2.21. The van der Waals surface area contributed by atoms with Gasteiger partial charge in [0.2, 0.25) is 11.6 Å². The Labute approximate surface area is 129 Å². The minimum Gasteiger partial charge on any atom is -0.429 e. The molecule has 2 aromatic rings. The number of nitrogens with zero attached hydrogens (tertiary/aromatic N) is 3. The van der Waals surface area contributed by atoms with Crippen LogP contribution in [0.4, 0.5) is 11.5 Å². The highest BCUT2D eigenvalue weighted by atomic mass is 79.9. The summed E-state index contributed by atoms with van der Waals surface area (Å²) in [7, 11) is 0. The fourth-order valence-electron chi connectivity index (χ4n) is 1.36. The van der Waals surface area contributed by atoms with Crippen LogP contribution in [0.5, 0.6) is 11.6 Å². The zero-order valence-electron chi connectivity index (χ0n) is 9.71. The number of aromatic nitrogens is 2. The van der Waals surface area contributed by atoms with Crippen molar-refractivity contribution in [1.29, 1.82) is 0 Å². The lowest BCUT2D eigenvalue weighted by Crippen LogP contribution is -2.10. The molecule has 1 aromatic carbocycles. The summed E-state index contributed by atoms with van der Waals surface area (Å²) in [6, 6.07) is 4.49. The Balaban J connectivity index is 2.48. The maximum Gasteiger partial charge on any atom is 0.312 e. The average Bonchev–Trinajstić information content (AvgIpc) is 2.42. The van der Waals surface area contributed by atoms with Gasteiger partial charge >= 0.3 is 5.69 Å². The van der Waals surface area contributed by atoms with Gasteiger partial charge in [0, 0.05) is 6.07 Å².